The van der Waals surface area contributed by atoms with Crippen molar-refractivity contribution in [3.8, 4) is 0 Å². The van der Waals surface area contributed by atoms with Gasteiger partial charge in [0.25, 0.3) is 0 Å². The van der Waals surface area contributed by atoms with Crippen LogP contribution in [0.3, 0.4) is 0 Å². The molecule has 1 saturated heterocycles. The molecule has 30 heavy (non-hydrogen) atoms. The Morgan fingerprint density at radius 1 is 0.900 bits per heavy atom. The molecule has 1 rings (SSSR count). The highest BCUT2D eigenvalue weighted by atomic mass is 16.3. The summed E-state index contributed by atoms with van der Waals surface area (Å²) in [6.45, 7) is 12.6. The highest BCUT2D eigenvalue weighted by Gasteiger charge is 2.10. The van der Waals surface area contributed by atoms with Gasteiger partial charge in [0.1, 0.15) is 0 Å². The van der Waals surface area contributed by atoms with Gasteiger partial charge in [0.05, 0.1) is 6.61 Å². The third-order valence-corrected chi connectivity index (χ3v) is 5.53. The zero-order chi connectivity index (χ0) is 22.2. The SMILES string of the molecule is CC(C)=CCC/C(C)=C/CC/C(=C\CC/C(C)=C\C(=O)NCCN1CCCC1)CO. The number of carbonyl (C=O) groups is 1. The average Bonchev–Trinajstić information content (AvgIpc) is 3.19. The van der Waals surface area contributed by atoms with Crippen LogP contribution in [-0.4, -0.2) is 48.7 Å². The molecule has 0 aromatic heterocycles. The predicted octanol–water partition coefficient (Wildman–Crippen LogP) is 5.32. The van der Waals surface area contributed by atoms with E-state index in [1.165, 1.54) is 24.0 Å². The number of allylic oxidation sites excluding steroid dienone is 6. The van der Waals surface area contributed by atoms with Gasteiger partial charge in [-0.1, -0.05) is 34.9 Å². The number of likely N-dealkylation sites (tertiary alicyclic amines) is 1. The number of rotatable bonds is 14. The minimum absolute atomic E-state index is 0.00628. The van der Waals surface area contributed by atoms with Crippen molar-refractivity contribution < 1.29 is 9.90 Å². The molecule has 0 aliphatic carbocycles. The summed E-state index contributed by atoms with van der Waals surface area (Å²) in [6.07, 6.45) is 16.8. The van der Waals surface area contributed by atoms with Crippen LogP contribution in [0.2, 0.25) is 0 Å². The molecule has 0 saturated carbocycles. The summed E-state index contributed by atoms with van der Waals surface area (Å²) in [5.74, 6) is 0.00628. The Bertz CT molecular complexity index is 619. The molecule has 1 amide bonds. The fourth-order valence-electron chi connectivity index (χ4n) is 3.63. The van der Waals surface area contributed by atoms with E-state index in [4.69, 9.17) is 0 Å². The van der Waals surface area contributed by atoms with Crippen molar-refractivity contribution >= 4 is 5.91 Å². The number of carbonyl (C=O) groups excluding carboxylic acids is 1. The summed E-state index contributed by atoms with van der Waals surface area (Å²) < 4.78 is 0. The molecule has 1 fully saturated rings. The molecule has 0 radical (unpaired) electrons. The molecule has 4 nitrogen and oxygen atoms in total. The molecule has 0 bridgehead atoms. The van der Waals surface area contributed by atoms with Crippen LogP contribution in [0.5, 0.6) is 0 Å². The summed E-state index contributed by atoms with van der Waals surface area (Å²) >= 11 is 0. The maximum atomic E-state index is 12.0. The molecule has 1 aliphatic heterocycles. The molecule has 0 atom stereocenters. The van der Waals surface area contributed by atoms with E-state index in [0.29, 0.717) is 0 Å². The number of nitrogens with one attached hydrogen (secondary N) is 1. The Labute approximate surface area is 184 Å². The first kappa shape index (κ1) is 26.4. The molecule has 0 aromatic carbocycles. The summed E-state index contributed by atoms with van der Waals surface area (Å²) in [6, 6.07) is 0. The lowest BCUT2D eigenvalue weighted by Gasteiger charge is -2.14. The minimum Gasteiger partial charge on any atom is -0.392 e. The average molecular weight is 417 g/mol. The van der Waals surface area contributed by atoms with Crippen LogP contribution >= 0.6 is 0 Å². The first-order chi connectivity index (χ1) is 14.4. The van der Waals surface area contributed by atoms with Crippen LogP contribution in [0.25, 0.3) is 0 Å². The first-order valence-corrected chi connectivity index (χ1v) is 11.7. The lowest BCUT2D eigenvalue weighted by molar-refractivity contribution is -0.116. The van der Waals surface area contributed by atoms with Gasteiger partial charge in [-0.05, 0) is 97.7 Å². The van der Waals surface area contributed by atoms with E-state index >= 15 is 0 Å². The van der Waals surface area contributed by atoms with Gasteiger partial charge in [-0.15, -0.1) is 0 Å². The topological polar surface area (TPSA) is 52.6 Å². The van der Waals surface area contributed by atoms with Gasteiger partial charge in [0.2, 0.25) is 5.91 Å². The number of amides is 1. The lowest BCUT2D eigenvalue weighted by Crippen LogP contribution is -2.32. The molecule has 4 heteroatoms. The smallest absolute Gasteiger partial charge is 0.243 e. The Hall–Kier alpha value is -1.65. The number of aliphatic hydroxyl groups is 1. The molecular weight excluding hydrogens is 372 g/mol. The minimum atomic E-state index is 0.00628. The van der Waals surface area contributed by atoms with Crippen molar-refractivity contribution in [1.29, 1.82) is 0 Å². The molecule has 1 heterocycles. The summed E-state index contributed by atoms with van der Waals surface area (Å²) in [5.41, 5.74) is 4.96. The number of hydrogen-bond acceptors (Lipinski definition) is 3. The normalized spacial score (nSPS) is 16.1. The highest BCUT2D eigenvalue weighted by Crippen LogP contribution is 2.13. The van der Waals surface area contributed by atoms with Gasteiger partial charge in [0.15, 0.2) is 0 Å². The van der Waals surface area contributed by atoms with Crippen LogP contribution in [0.4, 0.5) is 0 Å². The van der Waals surface area contributed by atoms with Crippen molar-refractivity contribution in [2.75, 3.05) is 32.8 Å². The zero-order valence-corrected chi connectivity index (χ0v) is 19.8. The van der Waals surface area contributed by atoms with Crippen molar-refractivity contribution in [3.05, 3.63) is 46.6 Å². The van der Waals surface area contributed by atoms with Gasteiger partial charge in [0, 0.05) is 19.2 Å². The third kappa shape index (κ3) is 13.6. The van der Waals surface area contributed by atoms with Gasteiger partial charge in [-0.25, -0.2) is 0 Å². The second-order valence-electron chi connectivity index (χ2n) is 8.80. The van der Waals surface area contributed by atoms with Crippen molar-refractivity contribution in [2.24, 2.45) is 0 Å². The molecule has 170 valence electrons. The zero-order valence-electron chi connectivity index (χ0n) is 19.8. The van der Waals surface area contributed by atoms with Gasteiger partial charge in [-0.2, -0.15) is 0 Å². The maximum absolute atomic E-state index is 12.0. The molecule has 0 spiro atoms. The lowest BCUT2D eigenvalue weighted by atomic mass is 10.0. The largest absolute Gasteiger partial charge is 0.392 e. The van der Waals surface area contributed by atoms with E-state index in [1.807, 2.05) is 6.92 Å². The first-order valence-electron chi connectivity index (χ1n) is 11.7. The Balaban J connectivity index is 2.26. The molecule has 1 aliphatic rings. The fraction of sp³-hybridized carbons (Fsp3) is 0.654. The number of aliphatic hydroxyl groups excluding tert-OH is 1. The van der Waals surface area contributed by atoms with Crippen molar-refractivity contribution in [3.63, 3.8) is 0 Å². The quantitative estimate of drug-likeness (QED) is 0.298. The Morgan fingerprint density at radius 2 is 1.53 bits per heavy atom. The molecule has 0 aromatic rings. The van der Waals surface area contributed by atoms with Gasteiger partial charge >= 0.3 is 0 Å². The van der Waals surface area contributed by atoms with Crippen molar-refractivity contribution in [2.45, 2.75) is 79.1 Å². The van der Waals surface area contributed by atoms with E-state index in [0.717, 1.165) is 75.9 Å². The highest BCUT2D eigenvalue weighted by molar-refractivity contribution is 5.88. The molecular formula is C26H44N2O2. The van der Waals surface area contributed by atoms with Crippen LogP contribution < -0.4 is 5.32 Å². The Morgan fingerprint density at radius 3 is 2.20 bits per heavy atom. The second kappa shape index (κ2) is 16.1. The van der Waals surface area contributed by atoms with E-state index in [2.05, 4.69) is 49.2 Å². The van der Waals surface area contributed by atoms with E-state index in [-0.39, 0.29) is 12.5 Å². The van der Waals surface area contributed by atoms with E-state index in [9.17, 15) is 9.90 Å². The standard InChI is InChI=1S/C26H44N2O2/c1-22(2)10-7-11-23(3)12-8-14-25(21-29)15-9-13-24(4)20-26(30)27-16-19-28-17-5-6-18-28/h10,12,15,20,29H,5-9,11,13-14,16-19,21H2,1-4H3,(H,27,30)/b23-12+,24-20-,25-15+. The van der Waals surface area contributed by atoms with E-state index < -0.39 is 0 Å². The number of hydrogen-bond donors (Lipinski definition) is 2. The number of nitrogens with zero attached hydrogens (tertiary/aromatic N) is 1. The molecule has 0 unspecified atom stereocenters. The van der Waals surface area contributed by atoms with Crippen molar-refractivity contribution in [1.82, 2.24) is 10.2 Å². The van der Waals surface area contributed by atoms with Crippen LogP contribution in [0, 0.1) is 0 Å². The van der Waals surface area contributed by atoms with Gasteiger partial charge < -0.3 is 15.3 Å². The second-order valence-corrected chi connectivity index (χ2v) is 8.80. The summed E-state index contributed by atoms with van der Waals surface area (Å²) in [5, 5.41) is 12.6. The summed E-state index contributed by atoms with van der Waals surface area (Å²) in [7, 11) is 0. The molecule has 2 N–H and O–H groups in total. The maximum Gasteiger partial charge on any atom is 0.243 e. The monoisotopic (exact) mass is 416 g/mol. The van der Waals surface area contributed by atoms with Crippen LogP contribution in [0.1, 0.15) is 79.1 Å². The summed E-state index contributed by atoms with van der Waals surface area (Å²) in [4.78, 5) is 14.4. The predicted molar refractivity (Wildman–Crippen MR) is 128 cm³/mol. The van der Waals surface area contributed by atoms with E-state index in [1.54, 1.807) is 6.08 Å². The van der Waals surface area contributed by atoms with Gasteiger partial charge in [-0.3, -0.25) is 4.79 Å². The fourth-order valence-corrected chi connectivity index (χ4v) is 3.63. The third-order valence-electron chi connectivity index (χ3n) is 5.53. The van der Waals surface area contributed by atoms with Crippen LogP contribution in [-0.2, 0) is 4.79 Å². The van der Waals surface area contributed by atoms with Crippen LogP contribution in [0.15, 0.2) is 46.6 Å². The Kier molecular flexibility index (Phi) is 14.2.